The average Bonchev–Trinajstić information content (AvgIpc) is 2.77. The fourth-order valence-electron chi connectivity index (χ4n) is 3.31. The number of hydrogen-bond donors (Lipinski definition) is 0. The van der Waals surface area contributed by atoms with Crippen molar-refractivity contribution in [1.82, 2.24) is 4.31 Å². The zero-order valence-corrected chi connectivity index (χ0v) is 18.8. The van der Waals surface area contributed by atoms with Crippen LogP contribution in [-0.4, -0.2) is 50.8 Å². The minimum atomic E-state index is -3.83. The molecule has 0 saturated carbocycles. The summed E-state index contributed by atoms with van der Waals surface area (Å²) in [6.07, 6.45) is 1.72. The van der Waals surface area contributed by atoms with E-state index in [1.807, 2.05) is 0 Å². The second-order valence-electron chi connectivity index (χ2n) is 6.82. The number of benzene rings is 2. The summed E-state index contributed by atoms with van der Waals surface area (Å²) in [5.41, 5.74) is 0.355. The van der Waals surface area contributed by atoms with E-state index in [2.05, 4.69) is 15.9 Å². The Morgan fingerprint density at radius 1 is 1.13 bits per heavy atom. The van der Waals surface area contributed by atoms with Crippen LogP contribution in [0, 0.1) is 0 Å². The Morgan fingerprint density at radius 3 is 2.53 bits per heavy atom. The molecule has 0 bridgehead atoms. The minimum absolute atomic E-state index is 0.129. The third-order valence-corrected chi connectivity index (χ3v) is 7.44. The van der Waals surface area contributed by atoms with Crippen LogP contribution >= 0.6 is 15.9 Å². The molecule has 1 heterocycles. The molecule has 0 aromatic heterocycles. The monoisotopic (exact) mass is 495 g/mol. The number of piperidine rings is 1. The van der Waals surface area contributed by atoms with Gasteiger partial charge in [-0.3, -0.25) is 9.59 Å². The number of methoxy groups -OCH3 is 1. The van der Waals surface area contributed by atoms with Gasteiger partial charge in [0.25, 0.3) is 0 Å². The van der Waals surface area contributed by atoms with Crippen molar-refractivity contribution in [3.05, 3.63) is 58.6 Å². The van der Waals surface area contributed by atoms with Gasteiger partial charge in [0.1, 0.15) is 11.8 Å². The summed E-state index contributed by atoms with van der Waals surface area (Å²) in [5.74, 6) is -0.525. The van der Waals surface area contributed by atoms with Gasteiger partial charge in [-0.25, -0.2) is 8.42 Å². The molecule has 0 N–H and O–H groups in total. The van der Waals surface area contributed by atoms with E-state index < -0.39 is 28.6 Å². The number of hydrogen-bond acceptors (Lipinski definition) is 6. The molecule has 2 aromatic rings. The van der Waals surface area contributed by atoms with E-state index in [9.17, 15) is 18.0 Å². The molecule has 30 heavy (non-hydrogen) atoms. The van der Waals surface area contributed by atoms with Crippen LogP contribution < -0.4 is 4.74 Å². The molecule has 1 aliphatic heterocycles. The van der Waals surface area contributed by atoms with Crippen molar-refractivity contribution in [3.63, 3.8) is 0 Å². The predicted molar refractivity (Wildman–Crippen MR) is 114 cm³/mol. The largest absolute Gasteiger partial charge is 0.496 e. The van der Waals surface area contributed by atoms with Gasteiger partial charge in [-0.05, 0) is 65.5 Å². The van der Waals surface area contributed by atoms with Crippen molar-refractivity contribution < 1.29 is 27.5 Å². The third-order valence-electron chi connectivity index (χ3n) is 4.89. The molecule has 0 spiro atoms. The van der Waals surface area contributed by atoms with E-state index in [1.165, 1.54) is 23.5 Å². The molecule has 1 atom stereocenters. The summed E-state index contributed by atoms with van der Waals surface area (Å²) in [7, 11) is -2.32. The predicted octanol–water partition coefficient (Wildman–Crippen LogP) is 3.43. The summed E-state index contributed by atoms with van der Waals surface area (Å²) in [6, 6.07) is 11.8. The van der Waals surface area contributed by atoms with Crippen LogP contribution in [0.1, 0.15) is 29.6 Å². The first-order valence-electron chi connectivity index (χ1n) is 9.45. The number of carbonyl (C=O) groups is 2. The zero-order valence-electron chi connectivity index (χ0n) is 16.4. The van der Waals surface area contributed by atoms with E-state index in [0.717, 1.165) is 0 Å². The highest BCUT2D eigenvalue weighted by atomic mass is 79.9. The Bertz CT molecular complexity index is 1030. The molecule has 1 unspecified atom stereocenters. The normalized spacial score (nSPS) is 17.3. The maximum absolute atomic E-state index is 13.0. The second-order valence-corrected chi connectivity index (χ2v) is 9.57. The Labute approximate surface area is 184 Å². The van der Waals surface area contributed by atoms with Crippen molar-refractivity contribution in [3.8, 4) is 5.75 Å². The van der Waals surface area contributed by atoms with Crippen molar-refractivity contribution in [2.45, 2.75) is 30.2 Å². The number of carbonyl (C=O) groups excluding carboxylic acids is 2. The quantitative estimate of drug-likeness (QED) is 0.431. The van der Waals surface area contributed by atoms with Crippen molar-refractivity contribution >= 4 is 37.7 Å². The second kappa shape index (κ2) is 9.72. The molecular formula is C21H22BrNO6S. The molecule has 0 radical (unpaired) electrons. The summed E-state index contributed by atoms with van der Waals surface area (Å²) >= 11 is 3.31. The molecule has 0 aliphatic carbocycles. The van der Waals surface area contributed by atoms with Gasteiger partial charge in [-0.2, -0.15) is 4.31 Å². The highest BCUT2D eigenvalue weighted by molar-refractivity contribution is 9.10. The first-order valence-corrected chi connectivity index (χ1v) is 11.7. The fraction of sp³-hybridized carbons (Fsp3) is 0.333. The SMILES string of the molecule is COc1ccc(C(=O)COC(=O)C2CCCCN2S(=O)(=O)c2ccccc2)cc1Br. The van der Waals surface area contributed by atoms with E-state index in [-0.39, 0.29) is 17.2 Å². The smallest absolute Gasteiger partial charge is 0.324 e. The fourth-order valence-corrected chi connectivity index (χ4v) is 5.52. The molecular weight excluding hydrogens is 474 g/mol. The number of sulfonamides is 1. The number of ketones is 1. The van der Waals surface area contributed by atoms with Gasteiger partial charge in [-0.1, -0.05) is 18.2 Å². The minimum Gasteiger partial charge on any atom is -0.496 e. The van der Waals surface area contributed by atoms with E-state index in [0.29, 0.717) is 35.0 Å². The van der Waals surface area contributed by atoms with Crippen LogP contribution in [0.5, 0.6) is 5.75 Å². The van der Waals surface area contributed by atoms with Gasteiger partial charge in [0.15, 0.2) is 12.4 Å². The van der Waals surface area contributed by atoms with E-state index in [4.69, 9.17) is 9.47 Å². The molecule has 7 nitrogen and oxygen atoms in total. The standard InChI is InChI=1S/C21H22BrNO6S/c1-28-20-11-10-15(13-17(20)22)19(24)14-29-21(25)18-9-5-6-12-23(18)30(26,27)16-7-3-2-4-8-16/h2-4,7-8,10-11,13,18H,5-6,9,12,14H2,1H3. The molecule has 0 amide bonds. The molecule has 2 aromatic carbocycles. The lowest BCUT2D eigenvalue weighted by molar-refractivity contribution is -0.148. The molecule has 1 fully saturated rings. The van der Waals surface area contributed by atoms with Gasteiger partial charge < -0.3 is 9.47 Å². The highest BCUT2D eigenvalue weighted by Crippen LogP contribution is 2.27. The van der Waals surface area contributed by atoms with Gasteiger partial charge >= 0.3 is 5.97 Å². The number of ether oxygens (including phenoxy) is 2. The first-order chi connectivity index (χ1) is 14.3. The van der Waals surface area contributed by atoms with Crippen LogP contribution in [0.15, 0.2) is 57.9 Å². The zero-order chi connectivity index (χ0) is 21.7. The molecule has 1 aliphatic rings. The van der Waals surface area contributed by atoms with Gasteiger partial charge in [0.2, 0.25) is 10.0 Å². The summed E-state index contributed by atoms with van der Waals surface area (Å²) in [6.45, 7) is -0.232. The lowest BCUT2D eigenvalue weighted by Crippen LogP contribution is -2.48. The van der Waals surface area contributed by atoms with Gasteiger partial charge in [0.05, 0.1) is 16.5 Å². The Kier molecular flexibility index (Phi) is 7.27. The number of nitrogens with zero attached hydrogens (tertiary/aromatic N) is 1. The average molecular weight is 496 g/mol. The summed E-state index contributed by atoms with van der Waals surface area (Å²) in [5, 5.41) is 0. The highest BCUT2D eigenvalue weighted by Gasteiger charge is 2.38. The number of halogens is 1. The maximum atomic E-state index is 13.0. The van der Waals surface area contributed by atoms with Crippen molar-refractivity contribution in [2.24, 2.45) is 0 Å². The van der Waals surface area contributed by atoms with Gasteiger partial charge in [-0.15, -0.1) is 0 Å². The van der Waals surface area contributed by atoms with Crippen LogP contribution in [-0.2, 0) is 19.6 Å². The topological polar surface area (TPSA) is 90.0 Å². The van der Waals surface area contributed by atoms with Gasteiger partial charge in [0, 0.05) is 12.1 Å². The molecule has 3 rings (SSSR count). The van der Waals surface area contributed by atoms with E-state index >= 15 is 0 Å². The summed E-state index contributed by atoms with van der Waals surface area (Å²) < 4.78 is 38.1. The molecule has 160 valence electrons. The van der Waals surface area contributed by atoms with Crippen LogP contribution in [0.3, 0.4) is 0 Å². The Balaban J connectivity index is 1.70. The van der Waals surface area contributed by atoms with Crippen molar-refractivity contribution in [1.29, 1.82) is 0 Å². The number of Topliss-reactive ketones (excluding diaryl/α,β-unsaturated/α-hetero) is 1. The number of esters is 1. The van der Waals surface area contributed by atoms with E-state index in [1.54, 1.807) is 36.4 Å². The lowest BCUT2D eigenvalue weighted by Gasteiger charge is -2.32. The lowest BCUT2D eigenvalue weighted by atomic mass is 10.1. The Morgan fingerprint density at radius 2 is 1.87 bits per heavy atom. The van der Waals surface area contributed by atoms with Crippen LogP contribution in [0.4, 0.5) is 0 Å². The van der Waals surface area contributed by atoms with Crippen LogP contribution in [0.2, 0.25) is 0 Å². The Hall–Kier alpha value is -2.23. The molecule has 9 heteroatoms. The van der Waals surface area contributed by atoms with Crippen molar-refractivity contribution in [2.75, 3.05) is 20.3 Å². The first kappa shape index (κ1) is 22.5. The van der Waals surface area contributed by atoms with Crippen LogP contribution in [0.25, 0.3) is 0 Å². The molecule has 1 saturated heterocycles. The third kappa shape index (κ3) is 4.91. The maximum Gasteiger partial charge on any atom is 0.324 e. The summed E-state index contributed by atoms with van der Waals surface area (Å²) in [4.78, 5) is 25.2. The number of rotatable bonds is 7.